The Labute approximate surface area is 88.2 Å². The Hall–Kier alpha value is -0.680. The first-order valence-electron chi connectivity index (χ1n) is 3.68. The Kier molecular flexibility index (Phi) is 3.62. The van der Waals surface area contributed by atoms with Gasteiger partial charge in [0, 0.05) is 5.57 Å². The summed E-state index contributed by atoms with van der Waals surface area (Å²) in [7, 11) is 0. The first-order chi connectivity index (χ1) is 6.13. The lowest BCUT2D eigenvalue weighted by atomic mass is 10.2. The fraction of sp³-hybridized carbons (Fsp3) is 0.250. The number of carboxylic acids is 1. The van der Waals surface area contributed by atoms with Crippen LogP contribution in [-0.4, -0.2) is 16.1 Å². The van der Waals surface area contributed by atoms with Crippen LogP contribution in [0.5, 0.6) is 0 Å². The SMILES string of the molecule is CC/C(=C\c1ncc(Br)s1)C(=O)O. The maximum absolute atomic E-state index is 10.6. The van der Waals surface area contributed by atoms with E-state index in [1.54, 1.807) is 12.3 Å². The molecule has 0 radical (unpaired) electrons. The van der Waals surface area contributed by atoms with Gasteiger partial charge in [-0.05, 0) is 28.4 Å². The lowest BCUT2D eigenvalue weighted by molar-refractivity contribution is -0.132. The summed E-state index contributed by atoms with van der Waals surface area (Å²) in [5, 5.41) is 9.45. The number of nitrogens with zero attached hydrogens (tertiary/aromatic N) is 1. The quantitative estimate of drug-likeness (QED) is 0.852. The van der Waals surface area contributed by atoms with Crippen molar-refractivity contribution in [2.24, 2.45) is 0 Å². The predicted octanol–water partition coefficient (Wildman–Crippen LogP) is 2.78. The number of hydrogen-bond donors (Lipinski definition) is 1. The first kappa shape index (κ1) is 10.4. The van der Waals surface area contributed by atoms with E-state index < -0.39 is 5.97 Å². The maximum atomic E-state index is 10.6. The molecule has 1 N–H and O–H groups in total. The second-order valence-corrected chi connectivity index (χ2v) is 4.77. The fourth-order valence-corrected chi connectivity index (χ4v) is 2.01. The molecule has 1 aromatic heterocycles. The third-order valence-corrected chi connectivity index (χ3v) is 2.87. The summed E-state index contributed by atoms with van der Waals surface area (Å²) in [4.78, 5) is 14.7. The lowest BCUT2D eigenvalue weighted by Gasteiger charge is -1.93. The van der Waals surface area contributed by atoms with Gasteiger partial charge >= 0.3 is 5.97 Å². The number of aromatic nitrogens is 1. The van der Waals surface area contributed by atoms with Crippen molar-refractivity contribution >= 4 is 39.3 Å². The predicted molar refractivity (Wildman–Crippen MR) is 55.7 cm³/mol. The van der Waals surface area contributed by atoms with Crippen LogP contribution >= 0.6 is 27.3 Å². The highest BCUT2D eigenvalue weighted by molar-refractivity contribution is 9.11. The molecule has 0 aliphatic rings. The van der Waals surface area contributed by atoms with Crippen LogP contribution in [0.4, 0.5) is 0 Å². The molecule has 0 amide bonds. The Bertz CT molecular complexity index is 346. The monoisotopic (exact) mass is 261 g/mol. The van der Waals surface area contributed by atoms with Gasteiger partial charge in [0.1, 0.15) is 5.01 Å². The highest BCUT2D eigenvalue weighted by Crippen LogP contribution is 2.21. The van der Waals surface area contributed by atoms with E-state index in [0.717, 1.165) is 3.79 Å². The Morgan fingerprint density at radius 3 is 2.92 bits per heavy atom. The van der Waals surface area contributed by atoms with Crippen LogP contribution in [0.3, 0.4) is 0 Å². The average Bonchev–Trinajstić information content (AvgIpc) is 2.46. The summed E-state index contributed by atoms with van der Waals surface area (Å²) in [6.45, 7) is 1.81. The Morgan fingerprint density at radius 1 is 1.85 bits per heavy atom. The highest BCUT2D eigenvalue weighted by Gasteiger charge is 2.05. The highest BCUT2D eigenvalue weighted by atomic mass is 79.9. The lowest BCUT2D eigenvalue weighted by Crippen LogP contribution is -1.98. The van der Waals surface area contributed by atoms with Crippen molar-refractivity contribution in [1.29, 1.82) is 0 Å². The van der Waals surface area contributed by atoms with Crippen molar-refractivity contribution in [3.8, 4) is 0 Å². The number of aliphatic carboxylic acids is 1. The van der Waals surface area contributed by atoms with Crippen molar-refractivity contribution in [2.75, 3.05) is 0 Å². The van der Waals surface area contributed by atoms with E-state index in [9.17, 15) is 4.79 Å². The van der Waals surface area contributed by atoms with Crippen molar-refractivity contribution < 1.29 is 9.90 Å². The number of carbonyl (C=O) groups is 1. The molecule has 3 nitrogen and oxygen atoms in total. The van der Waals surface area contributed by atoms with Gasteiger partial charge in [0.05, 0.1) is 9.98 Å². The van der Waals surface area contributed by atoms with Gasteiger partial charge in [0.2, 0.25) is 0 Å². The van der Waals surface area contributed by atoms with E-state index in [1.807, 2.05) is 6.92 Å². The standard InChI is InChI=1S/C8H8BrNO2S/c1-2-5(8(11)12)3-7-10-4-6(9)13-7/h3-4H,2H2,1H3,(H,11,12)/b5-3+. The zero-order chi connectivity index (χ0) is 9.84. The van der Waals surface area contributed by atoms with Gasteiger partial charge in [-0.15, -0.1) is 11.3 Å². The van der Waals surface area contributed by atoms with Crippen LogP contribution in [0.2, 0.25) is 0 Å². The summed E-state index contributed by atoms with van der Waals surface area (Å²) in [5.41, 5.74) is 0.377. The van der Waals surface area contributed by atoms with Gasteiger partial charge in [0.15, 0.2) is 0 Å². The van der Waals surface area contributed by atoms with Crippen LogP contribution in [0.15, 0.2) is 15.6 Å². The molecule has 0 unspecified atom stereocenters. The summed E-state index contributed by atoms with van der Waals surface area (Å²) in [6, 6.07) is 0. The molecule has 0 bridgehead atoms. The summed E-state index contributed by atoms with van der Waals surface area (Å²) in [5.74, 6) is -0.881. The molecule has 0 saturated carbocycles. The normalized spacial score (nSPS) is 11.7. The summed E-state index contributed by atoms with van der Waals surface area (Å²) in [6.07, 6.45) is 3.76. The van der Waals surface area contributed by atoms with Crippen LogP contribution < -0.4 is 0 Å². The molecule has 1 rings (SSSR count). The van der Waals surface area contributed by atoms with Crippen LogP contribution in [0.1, 0.15) is 18.4 Å². The maximum Gasteiger partial charge on any atom is 0.331 e. The molecule has 0 aliphatic heterocycles. The first-order valence-corrected chi connectivity index (χ1v) is 5.29. The molecule has 5 heteroatoms. The zero-order valence-corrected chi connectivity index (χ0v) is 9.35. The third-order valence-electron chi connectivity index (χ3n) is 1.45. The molecular weight excluding hydrogens is 254 g/mol. The molecule has 0 aromatic carbocycles. The van der Waals surface area contributed by atoms with E-state index in [1.165, 1.54) is 11.3 Å². The molecule has 1 aromatic rings. The minimum Gasteiger partial charge on any atom is -0.478 e. The van der Waals surface area contributed by atoms with Gasteiger partial charge in [-0.25, -0.2) is 9.78 Å². The number of hydrogen-bond acceptors (Lipinski definition) is 3. The van der Waals surface area contributed by atoms with E-state index in [-0.39, 0.29) is 0 Å². The molecular formula is C8H8BrNO2S. The number of halogens is 1. The minimum absolute atomic E-state index is 0.377. The molecule has 0 atom stereocenters. The van der Waals surface area contributed by atoms with Crippen molar-refractivity contribution in [3.05, 3.63) is 20.6 Å². The van der Waals surface area contributed by atoms with Gasteiger partial charge < -0.3 is 5.11 Å². The van der Waals surface area contributed by atoms with Gasteiger partial charge in [-0.1, -0.05) is 6.92 Å². The Balaban J connectivity index is 2.91. The smallest absolute Gasteiger partial charge is 0.331 e. The molecule has 0 spiro atoms. The number of thiazole rings is 1. The Morgan fingerprint density at radius 2 is 2.54 bits per heavy atom. The van der Waals surface area contributed by atoms with Gasteiger partial charge in [-0.2, -0.15) is 0 Å². The second-order valence-electron chi connectivity index (χ2n) is 2.33. The largest absolute Gasteiger partial charge is 0.478 e. The van der Waals surface area contributed by atoms with Gasteiger partial charge in [0.25, 0.3) is 0 Å². The van der Waals surface area contributed by atoms with E-state index in [0.29, 0.717) is 17.0 Å². The van der Waals surface area contributed by atoms with Crippen molar-refractivity contribution in [1.82, 2.24) is 4.98 Å². The summed E-state index contributed by atoms with van der Waals surface area (Å²) >= 11 is 4.68. The molecule has 70 valence electrons. The fourth-order valence-electron chi connectivity index (χ4n) is 0.798. The average molecular weight is 262 g/mol. The topological polar surface area (TPSA) is 50.2 Å². The summed E-state index contributed by atoms with van der Waals surface area (Å²) < 4.78 is 0.902. The van der Waals surface area contributed by atoms with E-state index in [2.05, 4.69) is 20.9 Å². The molecule has 0 saturated heterocycles. The van der Waals surface area contributed by atoms with Crippen molar-refractivity contribution in [2.45, 2.75) is 13.3 Å². The van der Waals surface area contributed by atoms with E-state index >= 15 is 0 Å². The molecule has 0 aliphatic carbocycles. The number of carboxylic acid groups (broad SMARTS) is 1. The number of rotatable bonds is 3. The zero-order valence-electron chi connectivity index (χ0n) is 6.95. The molecule has 0 fully saturated rings. The molecule has 1 heterocycles. The van der Waals surface area contributed by atoms with Gasteiger partial charge in [-0.3, -0.25) is 0 Å². The van der Waals surface area contributed by atoms with Crippen LogP contribution in [0, 0.1) is 0 Å². The molecule has 13 heavy (non-hydrogen) atoms. The minimum atomic E-state index is -0.881. The van der Waals surface area contributed by atoms with E-state index in [4.69, 9.17) is 5.11 Å². The van der Waals surface area contributed by atoms with Crippen LogP contribution in [-0.2, 0) is 4.79 Å². The van der Waals surface area contributed by atoms with Crippen LogP contribution in [0.25, 0.3) is 6.08 Å². The van der Waals surface area contributed by atoms with Crippen molar-refractivity contribution in [3.63, 3.8) is 0 Å². The third kappa shape index (κ3) is 2.93. The second kappa shape index (κ2) is 4.53.